The number of hydrogen-bond donors (Lipinski definition) is 2. The number of ether oxygens (including phenoxy) is 1. The molecule has 0 amide bonds. The number of aliphatic hydroxyl groups excluding tert-OH is 2. The molecule has 4 nitrogen and oxygen atoms in total. The van der Waals surface area contributed by atoms with Crippen LogP contribution in [0, 0.1) is 0 Å². The molecule has 0 radical (unpaired) electrons. The molecule has 0 spiro atoms. The predicted octanol–water partition coefficient (Wildman–Crippen LogP) is 1.73. The molecule has 18 heavy (non-hydrogen) atoms. The third kappa shape index (κ3) is 3.24. The summed E-state index contributed by atoms with van der Waals surface area (Å²) in [6.45, 7) is 6.54. The van der Waals surface area contributed by atoms with Crippen molar-refractivity contribution >= 4 is 5.69 Å². The molecule has 0 aliphatic carbocycles. The fourth-order valence-electron chi connectivity index (χ4n) is 1.99. The molecule has 0 aliphatic heterocycles. The van der Waals surface area contributed by atoms with Crippen molar-refractivity contribution in [1.82, 2.24) is 0 Å². The molecule has 0 saturated carbocycles. The topological polar surface area (TPSA) is 52.9 Å². The third-order valence-corrected chi connectivity index (χ3v) is 2.74. The first-order valence-electron chi connectivity index (χ1n) is 5.97. The number of benzene rings is 1. The Morgan fingerprint density at radius 1 is 1.50 bits per heavy atom. The Bertz CT molecular complexity index is 391. The Morgan fingerprint density at radius 3 is 2.72 bits per heavy atom. The highest BCUT2D eigenvalue weighted by molar-refractivity contribution is 5.60. The fraction of sp³-hybridized carbons (Fsp3) is 0.429. The highest BCUT2D eigenvalue weighted by Crippen LogP contribution is 2.34. The lowest BCUT2D eigenvalue weighted by molar-refractivity contribution is 0.194. The van der Waals surface area contributed by atoms with Gasteiger partial charge in [0.2, 0.25) is 0 Å². The second-order valence-corrected chi connectivity index (χ2v) is 4.03. The molecule has 0 saturated heterocycles. The summed E-state index contributed by atoms with van der Waals surface area (Å²) in [7, 11) is 1.58. The van der Waals surface area contributed by atoms with Gasteiger partial charge in [0.05, 0.1) is 19.8 Å². The lowest BCUT2D eigenvalue weighted by Gasteiger charge is -2.27. The van der Waals surface area contributed by atoms with Crippen LogP contribution in [0.3, 0.4) is 0 Å². The van der Waals surface area contributed by atoms with Crippen LogP contribution in [0.5, 0.6) is 5.75 Å². The Kier molecular flexibility index (Phi) is 5.68. The minimum absolute atomic E-state index is 0.0459. The van der Waals surface area contributed by atoms with Gasteiger partial charge in [0, 0.05) is 24.3 Å². The maximum atomic E-state index is 9.91. The minimum Gasteiger partial charge on any atom is -0.496 e. The Hall–Kier alpha value is -1.52. The van der Waals surface area contributed by atoms with Crippen LogP contribution in [0.2, 0.25) is 0 Å². The molecule has 1 atom stereocenters. The van der Waals surface area contributed by atoms with Gasteiger partial charge in [0.1, 0.15) is 5.75 Å². The Labute approximate surface area is 108 Å². The van der Waals surface area contributed by atoms with Gasteiger partial charge < -0.3 is 19.8 Å². The van der Waals surface area contributed by atoms with Gasteiger partial charge in [-0.3, -0.25) is 0 Å². The fourth-order valence-corrected chi connectivity index (χ4v) is 1.99. The van der Waals surface area contributed by atoms with Gasteiger partial charge >= 0.3 is 0 Å². The predicted molar refractivity (Wildman–Crippen MR) is 73.1 cm³/mol. The van der Waals surface area contributed by atoms with E-state index in [0.717, 1.165) is 11.3 Å². The average Bonchev–Trinajstić information content (AvgIpc) is 2.37. The van der Waals surface area contributed by atoms with Crippen molar-refractivity contribution in [1.29, 1.82) is 0 Å². The molecule has 0 aliphatic rings. The Balaban J connectivity index is 3.22. The maximum absolute atomic E-state index is 9.91. The summed E-state index contributed by atoms with van der Waals surface area (Å²) < 4.78 is 5.28. The lowest BCUT2D eigenvalue weighted by atomic mass is 10.1. The summed E-state index contributed by atoms with van der Waals surface area (Å²) in [5, 5.41) is 19.0. The highest BCUT2D eigenvalue weighted by atomic mass is 16.5. The summed E-state index contributed by atoms with van der Waals surface area (Å²) in [6, 6.07) is 5.59. The van der Waals surface area contributed by atoms with E-state index in [0.29, 0.717) is 18.8 Å². The molecular weight excluding hydrogens is 230 g/mol. The smallest absolute Gasteiger partial charge is 0.126 e. The largest absolute Gasteiger partial charge is 0.496 e. The quantitative estimate of drug-likeness (QED) is 0.725. The maximum Gasteiger partial charge on any atom is 0.126 e. The molecule has 2 N–H and O–H groups in total. The third-order valence-electron chi connectivity index (χ3n) is 2.74. The first-order chi connectivity index (χ1) is 8.65. The van der Waals surface area contributed by atoms with Gasteiger partial charge in [-0.2, -0.15) is 0 Å². The molecule has 1 aromatic rings. The van der Waals surface area contributed by atoms with Crippen molar-refractivity contribution in [3.05, 3.63) is 36.4 Å². The van der Waals surface area contributed by atoms with Crippen molar-refractivity contribution in [3.63, 3.8) is 0 Å². The summed E-state index contributed by atoms with van der Waals surface area (Å²) in [5.41, 5.74) is 1.59. The molecule has 100 valence electrons. The molecule has 1 rings (SSSR count). The normalized spacial score (nSPS) is 12.0. The summed E-state index contributed by atoms with van der Waals surface area (Å²) in [6.07, 6.45) is 1.13. The van der Waals surface area contributed by atoms with Crippen molar-refractivity contribution in [2.45, 2.75) is 13.0 Å². The van der Waals surface area contributed by atoms with Gasteiger partial charge in [-0.15, -0.1) is 6.58 Å². The minimum atomic E-state index is -0.637. The van der Waals surface area contributed by atoms with Gasteiger partial charge in [0.15, 0.2) is 0 Å². The van der Waals surface area contributed by atoms with E-state index in [2.05, 4.69) is 6.58 Å². The monoisotopic (exact) mass is 251 g/mol. The first kappa shape index (κ1) is 14.5. The molecule has 0 unspecified atom stereocenters. The summed E-state index contributed by atoms with van der Waals surface area (Å²) >= 11 is 0. The van der Waals surface area contributed by atoms with Crippen LogP contribution in [-0.2, 0) is 0 Å². The number of rotatable bonds is 7. The van der Waals surface area contributed by atoms with Gasteiger partial charge in [-0.1, -0.05) is 12.1 Å². The molecule has 0 bridgehead atoms. The highest BCUT2D eigenvalue weighted by Gasteiger charge is 2.17. The number of hydrogen-bond acceptors (Lipinski definition) is 4. The van der Waals surface area contributed by atoms with Crippen molar-refractivity contribution in [3.8, 4) is 5.75 Å². The van der Waals surface area contributed by atoms with Crippen molar-refractivity contribution in [2.75, 3.05) is 31.7 Å². The van der Waals surface area contributed by atoms with E-state index in [1.165, 1.54) is 0 Å². The molecule has 0 heterocycles. The van der Waals surface area contributed by atoms with E-state index in [4.69, 9.17) is 9.84 Å². The first-order valence-corrected chi connectivity index (χ1v) is 5.97. The average molecular weight is 251 g/mol. The van der Waals surface area contributed by atoms with Crippen LogP contribution in [0.1, 0.15) is 18.6 Å². The Morgan fingerprint density at radius 2 is 2.22 bits per heavy atom. The van der Waals surface area contributed by atoms with Crippen LogP contribution in [0.4, 0.5) is 5.69 Å². The molecule has 4 heteroatoms. The van der Waals surface area contributed by atoms with E-state index < -0.39 is 6.10 Å². The number of methoxy groups -OCH3 is 1. The second kappa shape index (κ2) is 7.03. The second-order valence-electron chi connectivity index (χ2n) is 4.03. The molecule has 1 aromatic carbocycles. The summed E-state index contributed by atoms with van der Waals surface area (Å²) in [4.78, 5) is 1.96. The van der Waals surface area contributed by atoms with E-state index >= 15 is 0 Å². The standard InChI is InChI=1S/C14H21NO3/c1-4-8-15(9-10-16)12-6-5-7-13(18-3)14(12)11(2)17/h4-7,11,16-17H,1,8-10H2,2-3H3/t11-/m1/s1. The zero-order valence-corrected chi connectivity index (χ0v) is 11.0. The SMILES string of the molecule is C=CCN(CCO)c1cccc(OC)c1[C@@H](C)O. The van der Waals surface area contributed by atoms with E-state index in [-0.39, 0.29) is 6.61 Å². The number of anilines is 1. The van der Waals surface area contributed by atoms with E-state index in [1.807, 2.05) is 23.1 Å². The van der Waals surface area contributed by atoms with E-state index in [9.17, 15) is 5.11 Å². The lowest BCUT2D eigenvalue weighted by Crippen LogP contribution is -2.28. The van der Waals surface area contributed by atoms with Crippen LogP contribution >= 0.6 is 0 Å². The zero-order chi connectivity index (χ0) is 13.5. The van der Waals surface area contributed by atoms with Crippen LogP contribution in [-0.4, -0.2) is 37.0 Å². The van der Waals surface area contributed by atoms with Gasteiger partial charge in [0.25, 0.3) is 0 Å². The molecule has 0 aromatic heterocycles. The van der Waals surface area contributed by atoms with Gasteiger partial charge in [-0.05, 0) is 19.1 Å². The van der Waals surface area contributed by atoms with Crippen molar-refractivity contribution in [2.24, 2.45) is 0 Å². The number of aliphatic hydroxyl groups is 2. The van der Waals surface area contributed by atoms with Crippen LogP contribution in [0.25, 0.3) is 0 Å². The molecular formula is C14H21NO3. The van der Waals surface area contributed by atoms with Crippen LogP contribution in [0.15, 0.2) is 30.9 Å². The molecule has 0 fully saturated rings. The van der Waals surface area contributed by atoms with E-state index in [1.54, 1.807) is 20.1 Å². The number of nitrogens with zero attached hydrogens (tertiary/aromatic N) is 1. The van der Waals surface area contributed by atoms with Crippen molar-refractivity contribution < 1.29 is 14.9 Å². The van der Waals surface area contributed by atoms with Crippen LogP contribution < -0.4 is 9.64 Å². The summed E-state index contributed by atoms with van der Waals surface area (Å²) in [5.74, 6) is 0.648. The van der Waals surface area contributed by atoms with Gasteiger partial charge in [-0.25, -0.2) is 0 Å². The zero-order valence-electron chi connectivity index (χ0n) is 11.0.